The Morgan fingerprint density at radius 2 is 1.62 bits per heavy atom. The third kappa shape index (κ3) is 0.865. The van der Waals surface area contributed by atoms with Gasteiger partial charge in [-0.1, -0.05) is 24.3 Å². The number of fused-ring (bicyclic) bond motifs is 5. The zero-order valence-corrected chi connectivity index (χ0v) is 8.53. The Balaban J connectivity index is 2.38. The van der Waals surface area contributed by atoms with Crippen molar-refractivity contribution in [1.29, 1.82) is 0 Å². The van der Waals surface area contributed by atoms with Crippen molar-refractivity contribution < 1.29 is 4.42 Å². The first-order valence-electron chi connectivity index (χ1n) is 5.28. The molecule has 2 heteroatoms. The molecule has 0 fully saturated rings. The molecule has 0 unspecified atom stereocenters. The smallest absolute Gasteiger partial charge is 0.0987 e. The number of nitrogens with one attached hydrogen (secondary N) is 1. The highest BCUT2D eigenvalue weighted by Crippen LogP contribution is 2.30. The number of H-pyrrole nitrogens is 1. The van der Waals surface area contributed by atoms with Crippen LogP contribution in [-0.2, 0) is 0 Å². The van der Waals surface area contributed by atoms with Crippen LogP contribution in [0.15, 0.2) is 53.5 Å². The molecule has 4 rings (SSSR count). The summed E-state index contributed by atoms with van der Waals surface area (Å²) in [5.41, 5.74) is 1.20. The van der Waals surface area contributed by atoms with Gasteiger partial charge in [-0.25, -0.2) is 0 Å². The van der Waals surface area contributed by atoms with Crippen molar-refractivity contribution >= 4 is 32.4 Å². The van der Waals surface area contributed by atoms with Crippen molar-refractivity contribution in [1.82, 2.24) is 4.98 Å². The summed E-state index contributed by atoms with van der Waals surface area (Å²) in [5.74, 6) is 0. The van der Waals surface area contributed by atoms with E-state index < -0.39 is 0 Å². The van der Waals surface area contributed by atoms with Crippen LogP contribution in [0.1, 0.15) is 0 Å². The van der Waals surface area contributed by atoms with Crippen LogP contribution < -0.4 is 0 Å². The van der Waals surface area contributed by atoms with Crippen LogP contribution in [0.5, 0.6) is 0 Å². The molecular weight excluding hydrogens is 198 g/mol. The average molecular weight is 207 g/mol. The van der Waals surface area contributed by atoms with Crippen LogP contribution in [0, 0.1) is 0 Å². The molecule has 0 spiro atoms. The predicted molar refractivity (Wildman–Crippen MR) is 65.6 cm³/mol. The number of rotatable bonds is 0. The maximum atomic E-state index is 5.26. The topological polar surface area (TPSA) is 28.9 Å². The fourth-order valence-corrected chi connectivity index (χ4v) is 2.39. The van der Waals surface area contributed by atoms with Crippen molar-refractivity contribution in [2.45, 2.75) is 0 Å². The van der Waals surface area contributed by atoms with Gasteiger partial charge in [0.15, 0.2) is 0 Å². The Bertz CT molecular complexity index is 737. The summed E-state index contributed by atoms with van der Waals surface area (Å²) >= 11 is 0. The lowest BCUT2D eigenvalue weighted by Gasteiger charge is -2.00. The molecule has 1 N–H and O–H groups in total. The highest BCUT2D eigenvalue weighted by Gasteiger charge is 2.05. The maximum absolute atomic E-state index is 5.26. The molecule has 0 atom stereocenters. The third-order valence-corrected chi connectivity index (χ3v) is 3.18. The van der Waals surface area contributed by atoms with Crippen molar-refractivity contribution in [2.75, 3.05) is 0 Å². The fraction of sp³-hybridized carbons (Fsp3) is 0. The third-order valence-electron chi connectivity index (χ3n) is 3.18. The van der Waals surface area contributed by atoms with Crippen molar-refractivity contribution in [2.24, 2.45) is 0 Å². The number of hydrogen-bond donors (Lipinski definition) is 1. The van der Waals surface area contributed by atoms with Gasteiger partial charge in [0.2, 0.25) is 0 Å². The van der Waals surface area contributed by atoms with E-state index in [4.69, 9.17) is 4.42 Å². The maximum Gasteiger partial charge on any atom is 0.0987 e. The molecule has 2 aromatic heterocycles. The molecule has 0 bridgehead atoms. The van der Waals surface area contributed by atoms with Crippen molar-refractivity contribution in [3.05, 3.63) is 49.1 Å². The molecule has 2 aromatic carbocycles. The zero-order valence-electron chi connectivity index (χ0n) is 8.53. The molecule has 0 aliphatic carbocycles. The highest BCUT2D eigenvalue weighted by molar-refractivity contribution is 6.15. The van der Waals surface area contributed by atoms with Crippen molar-refractivity contribution in [3.63, 3.8) is 0 Å². The van der Waals surface area contributed by atoms with E-state index in [0.717, 1.165) is 5.39 Å². The zero-order chi connectivity index (χ0) is 10.5. The van der Waals surface area contributed by atoms with Gasteiger partial charge in [-0.15, -0.1) is 0 Å². The molecule has 0 amide bonds. The minimum atomic E-state index is 1.15. The van der Waals surface area contributed by atoms with E-state index in [9.17, 15) is 0 Å². The monoisotopic (exact) mass is 207 g/mol. The molecule has 4 aromatic rings. The number of benzene rings is 2. The summed E-state index contributed by atoms with van der Waals surface area (Å²) in [6, 6.07) is 10.6. The number of hydrogen-bond acceptors (Lipinski definition) is 1. The van der Waals surface area contributed by atoms with Gasteiger partial charge in [-0.2, -0.15) is 0 Å². The first-order valence-corrected chi connectivity index (χ1v) is 5.28. The van der Waals surface area contributed by atoms with E-state index in [2.05, 4.69) is 35.3 Å². The minimum Gasteiger partial charge on any atom is -0.471 e. The summed E-state index contributed by atoms with van der Waals surface area (Å²) in [4.78, 5) is 3.29. The Hall–Kier alpha value is -2.22. The average Bonchev–Trinajstić information content (AvgIpc) is 2.96. The van der Waals surface area contributed by atoms with Crippen LogP contribution in [-0.4, -0.2) is 4.98 Å². The quantitative estimate of drug-likeness (QED) is 0.462. The van der Waals surface area contributed by atoms with E-state index in [0.29, 0.717) is 0 Å². The van der Waals surface area contributed by atoms with E-state index in [-0.39, 0.29) is 0 Å². The second-order valence-corrected chi connectivity index (χ2v) is 4.04. The molecule has 2 heterocycles. The van der Waals surface area contributed by atoms with Gasteiger partial charge >= 0.3 is 0 Å². The van der Waals surface area contributed by atoms with Crippen LogP contribution >= 0.6 is 0 Å². The fourth-order valence-electron chi connectivity index (χ4n) is 2.39. The highest BCUT2D eigenvalue weighted by atomic mass is 16.3. The summed E-state index contributed by atoms with van der Waals surface area (Å²) in [6.45, 7) is 0. The van der Waals surface area contributed by atoms with Gasteiger partial charge < -0.3 is 9.40 Å². The van der Waals surface area contributed by atoms with Crippen LogP contribution in [0.2, 0.25) is 0 Å². The van der Waals surface area contributed by atoms with Crippen molar-refractivity contribution in [3.8, 4) is 0 Å². The Kier molecular flexibility index (Phi) is 1.33. The SMILES string of the molecule is c1cc2ccc3c4cocc4ccc3c2[nH]1. The van der Waals surface area contributed by atoms with Gasteiger partial charge in [-0.05, 0) is 11.5 Å². The first kappa shape index (κ1) is 7.99. The van der Waals surface area contributed by atoms with E-state index in [1.165, 1.54) is 27.1 Å². The van der Waals surface area contributed by atoms with E-state index in [1.54, 1.807) is 6.26 Å². The van der Waals surface area contributed by atoms with Crippen LogP contribution in [0.3, 0.4) is 0 Å². The second kappa shape index (κ2) is 2.67. The van der Waals surface area contributed by atoms with Gasteiger partial charge in [0, 0.05) is 27.7 Å². The van der Waals surface area contributed by atoms with Crippen LogP contribution in [0.25, 0.3) is 32.4 Å². The normalized spacial score (nSPS) is 11.8. The lowest BCUT2D eigenvalue weighted by molar-refractivity contribution is 0.572. The molecule has 0 aliphatic heterocycles. The largest absolute Gasteiger partial charge is 0.471 e. The van der Waals surface area contributed by atoms with E-state index >= 15 is 0 Å². The van der Waals surface area contributed by atoms with E-state index in [1.807, 2.05) is 12.5 Å². The van der Waals surface area contributed by atoms with Gasteiger partial charge in [0.05, 0.1) is 18.0 Å². The predicted octanol–water partition coefficient (Wildman–Crippen LogP) is 4.07. The first-order chi connectivity index (χ1) is 7.93. The standard InChI is InChI=1S/C14H9NO/c1-3-11-12(14-9(1)5-6-15-14)4-2-10-7-16-8-13(10)11/h1-8,15H. The Morgan fingerprint density at radius 3 is 2.62 bits per heavy atom. The minimum absolute atomic E-state index is 1.15. The summed E-state index contributed by atoms with van der Waals surface area (Å²) in [5, 5.41) is 6.06. The number of furan rings is 1. The van der Waals surface area contributed by atoms with Gasteiger partial charge in [0.25, 0.3) is 0 Å². The molecule has 16 heavy (non-hydrogen) atoms. The molecule has 0 saturated heterocycles. The molecule has 2 nitrogen and oxygen atoms in total. The summed E-state index contributed by atoms with van der Waals surface area (Å²) in [7, 11) is 0. The Morgan fingerprint density at radius 1 is 0.750 bits per heavy atom. The second-order valence-electron chi connectivity index (χ2n) is 4.04. The molecule has 0 aliphatic rings. The lowest BCUT2D eigenvalue weighted by Crippen LogP contribution is -1.76. The number of aromatic nitrogens is 1. The molecule has 0 saturated carbocycles. The van der Waals surface area contributed by atoms with Gasteiger partial charge in [-0.3, -0.25) is 0 Å². The Labute approximate surface area is 91.5 Å². The molecule has 76 valence electrons. The summed E-state index contributed by atoms with van der Waals surface area (Å²) in [6.07, 6.45) is 5.57. The number of aromatic amines is 1. The lowest BCUT2D eigenvalue weighted by atomic mass is 10.0. The summed E-state index contributed by atoms with van der Waals surface area (Å²) < 4.78 is 5.26. The molecule has 0 radical (unpaired) electrons. The van der Waals surface area contributed by atoms with Gasteiger partial charge in [0.1, 0.15) is 0 Å². The van der Waals surface area contributed by atoms with Crippen LogP contribution in [0.4, 0.5) is 0 Å². The molecular formula is C14H9NO.